The van der Waals surface area contributed by atoms with E-state index in [1.54, 1.807) is 0 Å². The summed E-state index contributed by atoms with van der Waals surface area (Å²) in [5, 5.41) is 2.44. The van der Waals surface area contributed by atoms with Crippen LogP contribution >= 0.6 is 0 Å². The lowest BCUT2D eigenvalue weighted by Crippen LogP contribution is -2.15. The van der Waals surface area contributed by atoms with Crippen LogP contribution in [0.2, 0.25) is 0 Å². The second-order valence-corrected chi connectivity index (χ2v) is 11.2. The molecule has 212 valence electrons. The second-order valence-electron chi connectivity index (χ2n) is 11.2. The van der Waals surface area contributed by atoms with Crippen molar-refractivity contribution in [2.75, 3.05) is 0 Å². The third-order valence-electron chi connectivity index (χ3n) is 9.34. The van der Waals surface area contributed by atoms with Gasteiger partial charge in [0.2, 0.25) is 0 Å². The maximum absolute atomic E-state index is 5.42. The summed E-state index contributed by atoms with van der Waals surface area (Å²) in [5.41, 5.74) is 17.4. The number of nitrogens with one attached hydrogen (secondary N) is 2. The average molecular weight is 537 g/mol. The Morgan fingerprint density at radius 1 is 0.600 bits per heavy atom. The molecule has 5 heterocycles. The maximum atomic E-state index is 5.42. The van der Waals surface area contributed by atoms with E-state index in [1.165, 1.54) is 66.6 Å². The fourth-order valence-electron chi connectivity index (χ4n) is 7.51. The number of aliphatic imine (C=N–C) groups is 2. The van der Waals surface area contributed by atoms with Crippen LogP contribution in [0.15, 0.2) is 44.1 Å². The van der Waals surface area contributed by atoms with Crippen LogP contribution in [0.25, 0.3) is 12.2 Å². The van der Waals surface area contributed by atoms with Crippen molar-refractivity contribution >= 4 is 23.6 Å². The van der Waals surface area contributed by atoms with Gasteiger partial charge in [-0.05, 0) is 114 Å². The van der Waals surface area contributed by atoms with Gasteiger partial charge in [0, 0.05) is 28.5 Å². The van der Waals surface area contributed by atoms with Gasteiger partial charge in [-0.1, -0.05) is 55.4 Å². The molecule has 0 saturated carbocycles. The minimum Gasteiger partial charge on any atom is -0.358 e. The predicted molar refractivity (Wildman–Crippen MR) is 172 cm³/mol. The van der Waals surface area contributed by atoms with Crippen molar-refractivity contribution in [3.63, 3.8) is 0 Å². The third-order valence-corrected chi connectivity index (χ3v) is 9.34. The van der Waals surface area contributed by atoms with Crippen molar-refractivity contribution in [3.05, 3.63) is 78.4 Å². The standard InChI is InChI=1S/C36H48N4/c1-9-21-22(10-2)30-18-32-25(13-5)26(14-6)34(39-32)20-36-28(16-8)27(15-7)35(40-36)19-33-24(12-4)23(11-3)31(38-33)17-29(21)37-30/h17-19,34,38,40H,9-16,20H2,1-8H3. The number of aromatic amines is 2. The van der Waals surface area contributed by atoms with Crippen LogP contribution in [-0.4, -0.2) is 27.4 Å². The van der Waals surface area contributed by atoms with Gasteiger partial charge in [-0.15, -0.1) is 0 Å². The van der Waals surface area contributed by atoms with Crippen LogP contribution in [-0.2, 0) is 32.1 Å². The topological polar surface area (TPSA) is 56.3 Å². The van der Waals surface area contributed by atoms with E-state index in [0.29, 0.717) is 0 Å². The molecule has 0 fully saturated rings. The Morgan fingerprint density at radius 3 is 1.80 bits per heavy atom. The van der Waals surface area contributed by atoms with Gasteiger partial charge in [-0.3, -0.25) is 4.99 Å². The maximum Gasteiger partial charge on any atom is 0.0777 e. The summed E-state index contributed by atoms with van der Waals surface area (Å²) in [7, 11) is 0. The molecule has 3 aliphatic heterocycles. The molecule has 1 unspecified atom stereocenters. The quantitative estimate of drug-likeness (QED) is 0.360. The monoisotopic (exact) mass is 536 g/mol. The highest BCUT2D eigenvalue weighted by Gasteiger charge is 2.29. The van der Waals surface area contributed by atoms with Crippen molar-refractivity contribution in [2.45, 2.75) is 119 Å². The lowest BCUT2D eigenvalue weighted by Gasteiger charge is -2.13. The summed E-state index contributed by atoms with van der Waals surface area (Å²) in [4.78, 5) is 18.5. The molecule has 4 nitrogen and oxygen atoms in total. The van der Waals surface area contributed by atoms with Gasteiger partial charge in [0.25, 0.3) is 0 Å². The molecule has 3 aliphatic rings. The summed E-state index contributed by atoms with van der Waals surface area (Å²) in [6.45, 7) is 18.3. The van der Waals surface area contributed by atoms with E-state index in [9.17, 15) is 0 Å². The molecule has 2 N–H and O–H groups in total. The van der Waals surface area contributed by atoms with Crippen LogP contribution in [0, 0.1) is 0 Å². The number of aromatic nitrogens is 2. The molecule has 2 aromatic heterocycles. The number of nitrogens with zero attached hydrogens (tertiary/aromatic N) is 2. The van der Waals surface area contributed by atoms with Crippen LogP contribution < -0.4 is 10.7 Å². The zero-order valence-electron chi connectivity index (χ0n) is 26.1. The molecule has 0 aliphatic carbocycles. The summed E-state index contributed by atoms with van der Waals surface area (Å²) in [6.07, 6.45) is 16.0. The third kappa shape index (κ3) is 4.63. The Morgan fingerprint density at radius 2 is 1.23 bits per heavy atom. The molecule has 40 heavy (non-hydrogen) atoms. The first-order valence-corrected chi connectivity index (χ1v) is 15.9. The number of rotatable bonds is 8. The normalized spacial score (nSPS) is 18.6. The average Bonchev–Trinajstić information content (AvgIpc) is 3.67. The highest BCUT2D eigenvalue weighted by molar-refractivity contribution is 6.24. The zero-order chi connectivity index (χ0) is 28.6. The first-order valence-electron chi connectivity index (χ1n) is 15.9. The largest absolute Gasteiger partial charge is 0.358 e. The molecule has 0 saturated heterocycles. The minimum absolute atomic E-state index is 0.187. The van der Waals surface area contributed by atoms with Gasteiger partial charge < -0.3 is 9.97 Å². The zero-order valence-corrected chi connectivity index (χ0v) is 26.1. The number of fused-ring (bicyclic) bond motifs is 6. The second kappa shape index (κ2) is 11.8. The Balaban J connectivity index is 1.87. The van der Waals surface area contributed by atoms with Crippen LogP contribution in [0.5, 0.6) is 0 Å². The highest BCUT2D eigenvalue weighted by Crippen LogP contribution is 2.35. The van der Waals surface area contributed by atoms with E-state index in [1.807, 2.05) is 0 Å². The Hall–Kier alpha value is -3.14. The molecule has 0 aromatic carbocycles. The Bertz CT molecular complexity index is 1590. The molecule has 5 rings (SSSR count). The fourth-order valence-corrected chi connectivity index (χ4v) is 7.51. The van der Waals surface area contributed by atoms with Crippen molar-refractivity contribution in [1.29, 1.82) is 0 Å². The summed E-state index contributed by atoms with van der Waals surface area (Å²) in [5.74, 6) is 0. The summed E-state index contributed by atoms with van der Waals surface area (Å²) >= 11 is 0. The molecule has 2 aromatic rings. The van der Waals surface area contributed by atoms with Gasteiger partial charge in [-0.25, -0.2) is 4.99 Å². The molecule has 4 heteroatoms. The first kappa shape index (κ1) is 28.4. The van der Waals surface area contributed by atoms with Crippen LogP contribution in [0.4, 0.5) is 0 Å². The van der Waals surface area contributed by atoms with Gasteiger partial charge in [0.1, 0.15) is 0 Å². The van der Waals surface area contributed by atoms with Crippen LogP contribution in [0.3, 0.4) is 0 Å². The van der Waals surface area contributed by atoms with Gasteiger partial charge >= 0.3 is 0 Å². The van der Waals surface area contributed by atoms with Gasteiger partial charge in [-0.2, -0.15) is 0 Å². The molecule has 1 atom stereocenters. The molecule has 0 amide bonds. The fraction of sp³-hybridized carbons (Fsp3) is 0.500. The number of hydrogen-bond acceptors (Lipinski definition) is 2. The van der Waals surface area contributed by atoms with Crippen molar-refractivity contribution in [2.24, 2.45) is 9.98 Å². The SMILES string of the molecule is CCC1=C(CC)C2=NC1=CC1=NC(Cc3[nH]c(c(CC)c3CC)C=c3[nH]c(c(CC)c3CC)=C2)C(CC)=C1CC. The predicted octanol–water partition coefficient (Wildman–Crippen LogP) is 7.15. The Labute approximate surface area is 240 Å². The molecule has 8 bridgehead atoms. The number of H-pyrrole nitrogens is 2. The van der Waals surface area contributed by atoms with E-state index in [0.717, 1.165) is 74.9 Å². The van der Waals surface area contributed by atoms with E-state index >= 15 is 0 Å². The number of allylic oxidation sites excluding steroid dienone is 4. The van der Waals surface area contributed by atoms with Crippen molar-refractivity contribution in [1.82, 2.24) is 9.97 Å². The lowest BCUT2D eigenvalue weighted by atomic mass is 9.92. The number of hydrogen-bond donors (Lipinski definition) is 2. The first-order chi connectivity index (χ1) is 19.5. The van der Waals surface area contributed by atoms with E-state index in [-0.39, 0.29) is 6.04 Å². The summed E-state index contributed by atoms with van der Waals surface area (Å²) < 4.78 is 0. The van der Waals surface area contributed by atoms with E-state index < -0.39 is 0 Å². The molecule has 0 radical (unpaired) electrons. The van der Waals surface area contributed by atoms with E-state index in [4.69, 9.17) is 9.98 Å². The molecular formula is C36H48N4. The molecule has 0 spiro atoms. The molecular weight excluding hydrogens is 488 g/mol. The summed E-state index contributed by atoms with van der Waals surface area (Å²) in [6, 6.07) is 0.187. The van der Waals surface area contributed by atoms with E-state index in [2.05, 4.69) is 83.6 Å². The lowest BCUT2D eigenvalue weighted by molar-refractivity contribution is 0.728. The van der Waals surface area contributed by atoms with Crippen molar-refractivity contribution in [3.8, 4) is 0 Å². The van der Waals surface area contributed by atoms with Crippen LogP contribution in [0.1, 0.15) is 115 Å². The van der Waals surface area contributed by atoms with Gasteiger partial charge in [0.15, 0.2) is 0 Å². The Kier molecular flexibility index (Phi) is 8.35. The smallest absolute Gasteiger partial charge is 0.0777 e. The highest BCUT2D eigenvalue weighted by atomic mass is 14.9. The van der Waals surface area contributed by atoms with Gasteiger partial charge in [0.05, 0.1) is 23.2 Å². The van der Waals surface area contributed by atoms with Crippen molar-refractivity contribution < 1.29 is 0 Å². The minimum atomic E-state index is 0.187.